The van der Waals surface area contributed by atoms with Crippen molar-refractivity contribution < 1.29 is 9.59 Å². The predicted octanol–water partition coefficient (Wildman–Crippen LogP) is 6.87. The number of carbonyl (C=O) groups excluding carboxylic acids is 2. The van der Waals surface area contributed by atoms with Crippen LogP contribution in [-0.2, 0) is 9.59 Å². The first-order valence-electron chi connectivity index (χ1n) is 10.9. The highest BCUT2D eigenvalue weighted by atomic mass is 16.2. The second kappa shape index (κ2) is 10.6. The summed E-state index contributed by atoms with van der Waals surface area (Å²) < 4.78 is 0. The molecular formula is C28H30N2O2. The first-order chi connectivity index (χ1) is 15.3. The molecular weight excluding hydrogens is 396 g/mol. The minimum atomic E-state index is -0.000955. The first kappa shape index (κ1) is 23.0. The minimum Gasteiger partial charge on any atom is -0.326 e. The van der Waals surface area contributed by atoms with Gasteiger partial charge in [-0.25, -0.2) is 0 Å². The molecule has 0 saturated carbocycles. The van der Waals surface area contributed by atoms with Gasteiger partial charge >= 0.3 is 0 Å². The topological polar surface area (TPSA) is 58.2 Å². The molecule has 0 aliphatic rings. The van der Waals surface area contributed by atoms with Gasteiger partial charge in [-0.2, -0.15) is 0 Å². The van der Waals surface area contributed by atoms with Crippen molar-refractivity contribution in [3.63, 3.8) is 0 Å². The summed E-state index contributed by atoms with van der Waals surface area (Å²) in [7, 11) is 0. The quantitative estimate of drug-likeness (QED) is 0.374. The third kappa shape index (κ3) is 5.94. The van der Waals surface area contributed by atoms with Crippen molar-refractivity contribution in [1.82, 2.24) is 0 Å². The van der Waals surface area contributed by atoms with E-state index >= 15 is 0 Å². The Bertz CT molecular complexity index is 1220. The van der Waals surface area contributed by atoms with Crippen molar-refractivity contribution in [2.75, 3.05) is 10.6 Å². The monoisotopic (exact) mass is 426 g/mol. The van der Waals surface area contributed by atoms with Gasteiger partial charge in [-0.3, -0.25) is 9.59 Å². The normalized spacial score (nSPS) is 10.7. The molecule has 0 aliphatic carbocycles. The van der Waals surface area contributed by atoms with E-state index in [0.717, 1.165) is 27.5 Å². The fraction of sp³-hybridized carbons (Fsp3) is 0.214. The van der Waals surface area contributed by atoms with Crippen molar-refractivity contribution in [3.05, 3.63) is 84.9 Å². The molecule has 0 bridgehead atoms. The first-order valence-corrected chi connectivity index (χ1v) is 10.9. The highest BCUT2D eigenvalue weighted by Gasteiger charge is 2.09. The summed E-state index contributed by atoms with van der Waals surface area (Å²) in [6.45, 7) is 7.55. The number of rotatable bonds is 4. The van der Waals surface area contributed by atoms with E-state index in [2.05, 4.69) is 16.7 Å². The number of benzene rings is 4. The van der Waals surface area contributed by atoms with E-state index in [4.69, 9.17) is 0 Å². The Morgan fingerprint density at radius 2 is 1.16 bits per heavy atom. The van der Waals surface area contributed by atoms with Crippen LogP contribution in [0.5, 0.6) is 0 Å². The molecule has 0 aliphatic heterocycles. The summed E-state index contributed by atoms with van der Waals surface area (Å²) in [6, 6.07) is 28.0. The Morgan fingerprint density at radius 1 is 0.594 bits per heavy atom. The van der Waals surface area contributed by atoms with Crippen molar-refractivity contribution in [1.29, 1.82) is 0 Å². The van der Waals surface area contributed by atoms with E-state index in [1.54, 1.807) is 0 Å². The lowest BCUT2D eigenvalue weighted by Gasteiger charge is -2.10. The van der Waals surface area contributed by atoms with Crippen LogP contribution in [0.15, 0.2) is 84.9 Å². The molecule has 4 heteroatoms. The van der Waals surface area contributed by atoms with Crippen LogP contribution < -0.4 is 10.6 Å². The van der Waals surface area contributed by atoms with Crippen LogP contribution in [-0.4, -0.2) is 11.8 Å². The lowest BCUT2D eigenvalue weighted by molar-refractivity contribution is -0.119. The zero-order chi connectivity index (χ0) is 23.1. The molecule has 4 rings (SSSR count). The Kier molecular flexibility index (Phi) is 7.61. The van der Waals surface area contributed by atoms with E-state index in [0.29, 0.717) is 0 Å². The van der Waals surface area contributed by atoms with Gasteiger partial charge in [0.25, 0.3) is 0 Å². The average molecular weight is 427 g/mol. The standard InChI is InChI=1S/2C14H15NO/c1-10(2)14(16)15-13-9-5-7-11-6-3-4-8-12(11)13;1-10(2)14(16)15-13-8-7-11-5-3-4-6-12(11)9-13/h2*3-10H,1-2H3,(H,15,16). The Morgan fingerprint density at radius 3 is 1.84 bits per heavy atom. The van der Waals surface area contributed by atoms with Crippen molar-refractivity contribution in [2.24, 2.45) is 11.8 Å². The van der Waals surface area contributed by atoms with Crippen LogP contribution in [0.2, 0.25) is 0 Å². The van der Waals surface area contributed by atoms with Crippen molar-refractivity contribution in [2.45, 2.75) is 27.7 Å². The van der Waals surface area contributed by atoms with Gasteiger partial charge in [0.15, 0.2) is 0 Å². The van der Waals surface area contributed by atoms with E-state index < -0.39 is 0 Å². The molecule has 0 heterocycles. The lowest BCUT2D eigenvalue weighted by Crippen LogP contribution is -2.17. The summed E-state index contributed by atoms with van der Waals surface area (Å²) >= 11 is 0. The molecule has 0 spiro atoms. The SMILES string of the molecule is CC(C)C(=O)Nc1ccc2ccccc2c1.CC(C)C(=O)Nc1cccc2ccccc12. The molecule has 0 unspecified atom stereocenters. The molecule has 4 aromatic carbocycles. The third-order valence-electron chi connectivity index (χ3n) is 5.11. The van der Waals surface area contributed by atoms with Crippen LogP contribution in [0.25, 0.3) is 21.5 Å². The maximum absolute atomic E-state index is 11.6. The molecule has 164 valence electrons. The van der Waals surface area contributed by atoms with E-state index in [-0.39, 0.29) is 23.7 Å². The molecule has 32 heavy (non-hydrogen) atoms. The van der Waals surface area contributed by atoms with Gasteiger partial charge in [0.05, 0.1) is 0 Å². The zero-order valence-corrected chi connectivity index (χ0v) is 19.1. The average Bonchev–Trinajstić information content (AvgIpc) is 2.79. The predicted molar refractivity (Wildman–Crippen MR) is 135 cm³/mol. The third-order valence-corrected chi connectivity index (χ3v) is 5.11. The van der Waals surface area contributed by atoms with E-state index in [9.17, 15) is 9.59 Å². The van der Waals surface area contributed by atoms with Gasteiger partial charge in [-0.1, -0.05) is 94.4 Å². The molecule has 0 aromatic heterocycles. The second-order valence-corrected chi connectivity index (χ2v) is 8.38. The molecule has 0 saturated heterocycles. The summed E-state index contributed by atoms with van der Waals surface area (Å²) in [5.41, 5.74) is 1.74. The zero-order valence-electron chi connectivity index (χ0n) is 19.1. The number of anilines is 2. The molecule has 4 nitrogen and oxygen atoms in total. The van der Waals surface area contributed by atoms with E-state index in [1.807, 2.05) is 107 Å². The number of fused-ring (bicyclic) bond motifs is 2. The van der Waals surface area contributed by atoms with Crippen LogP contribution in [0.3, 0.4) is 0 Å². The summed E-state index contributed by atoms with van der Waals surface area (Å²) in [5, 5.41) is 10.4. The second-order valence-electron chi connectivity index (χ2n) is 8.38. The van der Waals surface area contributed by atoms with Crippen LogP contribution >= 0.6 is 0 Å². The van der Waals surface area contributed by atoms with Crippen LogP contribution in [0.4, 0.5) is 11.4 Å². The molecule has 4 aromatic rings. The summed E-state index contributed by atoms with van der Waals surface area (Å²) in [6.07, 6.45) is 0. The van der Waals surface area contributed by atoms with Gasteiger partial charge in [0, 0.05) is 28.6 Å². The molecule has 0 fully saturated rings. The maximum atomic E-state index is 11.6. The minimum absolute atomic E-state index is 0.000955. The number of nitrogens with one attached hydrogen (secondary N) is 2. The molecule has 2 N–H and O–H groups in total. The molecule has 0 atom stereocenters. The number of hydrogen-bond donors (Lipinski definition) is 2. The fourth-order valence-corrected chi connectivity index (χ4v) is 3.17. The van der Waals surface area contributed by atoms with Gasteiger partial charge in [0.2, 0.25) is 11.8 Å². The Balaban J connectivity index is 0.000000181. The molecule has 0 radical (unpaired) electrons. The lowest BCUT2D eigenvalue weighted by atomic mass is 10.1. The van der Waals surface area contributed by atoms with Crippen molar-refractivity contribution >= 4 is 44.7 Å². The number of amides is 2. The highest BCUT2D eigenvalue weighted by Crippen LogP contribution is 2.23. The maximum Gasteiger partial charge on any atom is 0.226 e. The smallest absolute Gasteiger partial charge is 0.226 e. The van der Waals surface area contributed by atoms with Crippen LogP contribution in [0.1, 0.15) is 27.7 Å². The number of hydrogen-bond acceptors (Lipinski definition) is 2. The van der Waals surface area contributed by atoms with Gasteiger partial charge in [0.1, 0.15) is 0 Å². The number of carbonyl (C=O) groups is 2. The van der Waals surface area contributed by atoms with Gasteiger partial charge < -0.3 is 10.6 Å². The van der Waals surface area contributed by atoms with Crippen LogP contribution in [0, 0.1) is 11.8 Å². The highest BCUT2D eigenvalue weighted by molar-refractivity contribution is 6.02. The largest absolute Gasteiger partial charge is 0.326 e. The Labute approximate surface area is 189 Å². The molecule has 2 amide bonds. The van der Waals surface area contributed by atoms with Gasteiger partial charge in [-0.15, -0.1) is 0 Å². The summed E-state index contributed by atoms with van der Waals surface area (Å²) in [4.78, 5) is 23.2. The summed E-state index contributed by atoms with van der Waals surface area (Å²) in [5.74, 6) is 0.108. The van der Waals surface area contributed by atoms with Gasteiger partial charge in [-0.05, 0) is 34.4 Å². The van der Waals surface area contributed by atoms with Crippen molar-refractivity contribution in [3.8, 4) is 0 Å². The fourth-order valence-electron chi connectivity index (χ4n) is 3.17. The van der Waals surface area contributed by atoms with E-state index in [1.165, 1.54) is 5.39 Å². The Hall–Kier alpha value is -3.66.